The van der Waals surface area contributed by atoms with Crippen molar-refractivity contribution in [3.05, 3.63) is 29.8 Å². The second kappa shape index (κ2) is 7.42. The molecule has 0 spiro atoms. The Morgan fingerprint density at radius 2 is 1.86 bits per heavy atom. The molecule has 6 nitrogen and oxygen atoms in total. The molecule has 0 saturated heterocycles. The monoisotopic (exact) mass is 312 g/mol. The third kappa shape index (κ3) is 4.44. The number of aliphatic imine (C=N–C) groups is 1. The number of sulfonamides is 1. The molecule has 0 heterocycles. The Balaban J connectivity index is 2.83. The average molecular weight is 312 g/mol. The van der Waals surface area contributed by atoms with Gasteiger partial charge in [0.25, 0.3) is 0 Å². The van der Waals surface area contributed by atoms with Gasteiger partial charge in [-0.3, -0.25) is 4.99 Å². The Bertz CT molecular complexity index is 579. The highest BCUT2D eigenvalue weighted by Crippen LogP contribution is 2.17. The minimum Gasteiger partial charge on any atom is -0.359 e. The summed E-state index contributed by atoms with van der Waals surface area (Å²) in [4.78, 5) is 4.32. The van der Waals surface area contributed by atoms with Crippen LogP contribution in [0.5, 0.6) is 0 Å². The highest BCUT2D eigenvalue weighted by atomic mass is 32.2. The van der Waals surface area contributed by atoms with Crippen molar-refractivity contribution < 1.29 is 8.42 Å². The summed E-state index contributed by atoms with van der Waals surface area (Å²) in [7, 11) is 1.65. The normalized spacial score (nSPS) is 12.8. The zero-order valence-electron chi connectivity index (χ0n) is 13.2. The van der Waals surface area contributed by atoms with E-state index in [-0.39, 0.29) is 6.04 Å². The summed E-state index contributed by atoms with van der Waals surface area (Å²) in [6.45, 7) is 4.27. The maximum atomic E-state index is 12.3. The minimum atomic E-state index is -3.42. The second-order valence-corrected chi connectivity index (χ2v) is 6.93. The van der Waals surface area contributed by atoms with Crippen molar-refractivity contribution >= 4 is 16.0 Å². The Labute approximate surface area is 127 Å². The molecule has 1 aromatic carbocycles. The SMILES string of the molecule is CN=C(NC)NCc1ccc(S(=O)(=O)N(C)C(C)C)cc1. The van der Waals surface area contributed by atoms with Gasteiger partial charge in [-0.15, -0.1) is 0 Å². The van der Waals surface area contributed by atoms with Crippen LogP contribution in [-0.2, 0) is 16.6 Å². The molecule has 0 aliphatic heterocycles. The second-order valence-electron chi connectivity index (χ2n) is 4.93. The first kappa shape index (κ1) is 17.5. The van der Waals surface area contributed by atoms with Crippen molar-refractivity contribution in [1.82, 2.24) is 14.9 Å². The number of benzene rings is 1. The molecule has 0 amide bonds. The van der Waals surface area contributed by atoms with Crippen LogP contribution in [0.1, 0.15) is 19.4 Å². The number of hydrogen-bond donors (Lipinski definition) is 2. The molecule has 0 unspecified atom stereocenters. The van der Waals surface area contributed by atoms with Gasteiger partial charge in [-0.2, -0.15) is 4.31 Å². The van der Waals surface area contributed by atoms with Gasteiger partial charge in [0.15, 0.2) is 5.96 Å². The number of hydrogen-bond acceptors (Lipinski definition) is 3. The fraction of sp³-hybridized carbons (Fsp3) is 0.500. The summed E-state index contributed by atoms with van der Waals surface area (Å²) < 4.78 is 26.0. The van der Waals surface area contributed by atoms with Crippen LogP contribution in [0.4, 0.5) is 0 Å². The van der Waals surface area contributed by atoms with Crippen LogP contribution in [0.3, 0.4) is 0 Å². The Morgan fingerprint density at radius 1 is 1.29 bits per heavy atom. The van der Waals surface area contributed by atoms with Gasteiger partial charge in [0.2, 0.25) is 10.0 Å². The van der Waals surface area contributed by atoms with Crippen LogP contribution in [0.25, 0.3) is 0 Å². The van der Waals surface area contributed by atoms with Crippen molar-refractivity contribution in [1.29, 1.82) is 0 Å². The van der Waals surface area contributed by atoms with E-state index in [9.17, 15) is 8.42 Å². The quantitative estimate of drug-likeness (QED) is 0.629. The van der Waals surface area contributed by atoms with Gasteiger partial charge < -0.3 is 10.6 Å². The van der Waals surface area contributed by atoms with E-state index < -0.39 is 10.0 Å². The van der Waals surface area contributed by atoms with Gasteiger partial charge in [0, 0.05) is 33.7 Å². The zero-order chi connectivity index (χ0) is 16.0. The van der Waals surface area contributed by atoms with Crippen molar-refractivity contribution in [3.8, 4) is 0 Å². The zero-order valence-corrected chi connectivity index (χ0v) is 14.0. The van der Waals surface area contributed by atoms with Crippen LogP contribution in [0.2, 0.25) is 0 Å². The molecule has 0 aromatic heterocycles. The van der Waals surface area contributed by atoms with E-state index in [4.69, 9.17) is 0 Å². The molecule has 0 fully saturated rings. The third-order valence-electron chi connectivity index (χ3n) is 3.25. The third-order valence-corrected chi connectivity index (χ3v) is 5.30. The van der Waals surface area contributed by atoms with Crippen molar-refractivity contribution in [2.45, 2.75) is 31.3 Å². The fourth-order valence-corrected chi connectivity index (χ4v) is 3.06. The van der Waals surface area contributed by atoms with E-state index in [2.05, 4.69) is 15.6 Å². The lowest BCUT2D eigenvalue weighted by Crippen LogP contribution is -2.34. The maximum Gasteiger partial charge on any atom is 0.243 e. The van der Waals surface area contributed by atoms with E-state index in [1.54, 1.807) is 45.4 Å². The standard InChI is InChI=1S/C14H24N4O2S/c1-11(2)18(5)21(19,20)13-8-6-12(7-9-13)10-17-14(15-3)16-4/h6-9,11H,10H2,1-5H3,(H2,15,16,17). The highest BCUT2D eigenvalue weighted by Gasteiger charge is 2.22. The van der Waals surface area contributed by atoms with Crippen molar-refractivity contribution in [2.24, 2.45) is 4.99 Å². The average Bonchev–Trinajstić information content (AvgIpc) is 2.47. The van der Waals surface area contributed by atoms with Gasteiger partial charge in [-0.05, 0) is 31.5 Å². The molecule has 1 aromatic rings. The fourth-order valence-electron chi connectivity index (χ4n) is 1.69. The smallest absolute Gasteiger partial charge is 0.243 e. The van der Waals surface area contributed by atoms with Gasteiger partial charge >= 0.3 is 0 Å². The van der Waals surface area contributed by atoms with Crippen LogP contribution in [0.15, 0.2) is 34.2 Å². The molecule has 0 aliphatic carbocycles. The maximum absolute atomic E-state index is 12.3. The summed E-state index contributed by atoms with van der Waals surface area (Å²) in [5.41, 5.74) is 0.984. The highest BCUT2D eigenvalue weighted by molar-refractivity contribution is 7.89. The van der Waals surface area contributed by atoms with Crippen LogP contribution >= 0.6 is 0 Å². The molecule has 118 valence electrons. The Hall–Kier alpha value is -1.60. The lowest BCUT2D eigenvalue weighted by atomic mass is 10.2. The lowest BCUT2D eigenvalue weighted by molar-refractivity contribution is 0.410. The molecular formula is C14H24N4O2S. The van der Waals surface area contributed by atoms with Crippen LogP contribution in [0, 0.1) is 0 Å². The minimum absolute atomic E-state index is 0.0738. The lowest BCUT2D eigenvalue weighted by Gasteiger charge is -2.21. The number of guanidine groups is 1. The number of nitrogens with zero attached hydrogens (tertiary/aromatic N) is 2. The molecule has 0 saturated carbocycles. The molecule has 1 rings (SSSR count). The molecule has 7 heteroatoms. The van der Waals surface area contributed by atoms with Crippen molar-refractivity contribution in [3.63, 3.8) is 0 Å². The predicted octanol–water partition coefficient (Wildman–Crippen LogP) is 1.01. The van der Waals surface area contributed by atoms with Crippen LogP contribution in [-0.4, -0.2) is 45.9 Å². The van der Waals surface area contributed by atoms with E-state index in [1.807, 2.05) is 13.8 Å². The molecular weight excluding hydrogens is 288 g/mol. The van der Waals surface area contributed by atoms with Gasteiger partial charge in [0.05, 0.1) is 4.90 Å². The Kier molecular flexibility index (Phi) is 6.17. The molecule has 0 radical (unpaired) electrons. The summed E-state index contributed by atoms with van der Waals surface area (Å²) in [5, 5.41) is 6.03. The first-order valence-corrected chi connectivity index (χ1v) is 8.22. The van der Waals surface area contributed by atoms with E-state index in [0.717, 1.165) is 5.56 Å². The summed E-state index contributed by atoms with van der Waals surface area (Å²) in [5.74, 6) is 0.686. The predicted molar refractivity (Wildman–Crippen MR) is 85.8 cm³/mol. The van der Waals surface area contributed by atoms with Gasteiger partial charge in [0.1, 0.15) is 0 Å². The largest absolute Gasteiger partial charge is 0.359 e. The number of rotatable bonds is 5. The first-order chi connectivity index (χ1) is 9.82. The summed E-state index contributed by atoms with van der Waals surface area (Å²) >= 11 is 0. The van der Waals surface area contributed by atoms with E-state index >= 15 is 0 Å². The number of nitrogens with one attached hydrogen (secondary N) is 2. The molecule has 0 aliphatic rings. The first-order valence-electron chi connectivity index (χ1n) is 6.78. The topological polar surface area (TPSA) is 73.8 Å². The van der Waals surface area contributed by atoms with Crippen molar-refractivity contribution in [2.75, 3.05) is 21.1 Å². The summed E-state index contributed by atoms with van der Waals surface area (Å²) in [6.07, 6.45) is 0. The van der Waals surface area contributed by atoms with E-state index in [0.29, 0.717) is 17.4 Å². The Morgan fingerprint density at radius 3 is 2.29 bits per heavy atom. The molecule has 21 heavy (non-hydrogen) atoms. The van der Waals surface area contributed by atoms with Gasteiger partial charge in [-0.1, -0.05) is 12.1 Å². The van der Waals surface area contributed by atoms with Gasteiger partial charge in [-0.25, -0.2) is 8.42 Å². The van der Waals surface area contributed by atoms with E-state index in [1.165, 1.54) is 4.31 Å². The molecule has 0 atom stereocenters. The molecule has 2 N–H and O–H groups in total. The van der Waals surface area contributed by atoms with Crippen LogP contribution < -0.4 is 10.6 Å². The summed E-state index contributed by atoms with van der Waals surface area (Å²) in [6, 6.07) is 6.80. The molecule has 0 bridgehead atoms.